The van der Waals surface area contributed by atoms with E-state index in [0.717, 1.165) is 6.21 Å². The SMILES string of the molecule is O=C(O)/C=N/c1ccccc1. The van der Waals surface area contributed by atoms with Gasteiger partial charge < -0.3 is 5.11 Å². The van der Waals surface area contributed by atoms with Crippen LogP contribution in [0, 0.1) is 0 Å². The van der Waals surface area contributed by atoms with Crippen molar-refractivity contribution >= 4 is 17.9 Å². The number of carbonyl (C=O) groups is 1. The normalized spacial score (nSPS) is 10.2. The van der Waals surface area contributed by atoms with Gasteiger partial charge in [-0.15, -0.1) is 0 Å². The fourth-order valence-corrected chi connectivity index (χ4v) is 0.644. The molecule has 0 aliphatic carbocycles. The van der Waals surface area contributed by atoms with Gasteiger partial charge in [0.2, 0.25) is 0 Å². The molecule has 0 atom stereocenters. The first-order valence-electron chi connectivity index (χ1n) is 3.11. The number of rotatable bonds is 2. The van der Waals surface area contributed by atoms with Crippen LogP contribution in [0.15, 0.2) is 35.3 Å². The maximum absolute atomic E-state index is 10.0. The largest absolute Gasteiger partial charge is 0.477 e. The van der Waals surface area contributed by atoms with Gasteiger partial charge in [-0.25, -0.2) is 9.79 Å². The minimum Gasteiger partial charge on any atom is -0.477 e. The van der Waals surface area contributed by atoms with E-state index in [0.29, 0.717) is 5.69 Å². The summed E-state index contributed by atoms with van der Waals surface area (Å²) in [6.45, 7) is 0. The molecule has 11 heavy (non-hydrogen) atoms. The molecule has 0 aliphatic rings. The zero-order valence-electron chi connectivity index (χ0n) is 5.77. The number of carboxylic acids is 1. The summed E-state index contributed by atoms with van der Waals surface area (Å²) in [5, 5.41) is 8.23. The molecule has 1 aromatic carbocycles. The number of aliphatic imine (C=N–C) groups is 1. The van der Waals surface area contributed by atoms with Crippen LogP contribution in [-0.2, 0) is 4.79 Å². The molecule has 0 unspecified atom stereocenters. The van der Waals surface area contributed by atoms with Gasteiger partial charge in [-0.2, -0.15) is 0 Å². The molecule has 1 aromatic rings. The summed E-state index contributed by atoms with van der Waals surface area (Å²) in [6, 6.07) is 8.92. The average molecular weight is 149 g/mol. The number of para-hydroxylation sites is 1. The Bertz CT molecular complexity index is 267. The lowest BCUT2D eigenvalue weighted by atomic mass is 10.3. The van der Waals surface area contributed by atoms with Crippen LogP contribution >= 0.6 is 0 Å². The summed E-state index contributed by atoms with van der Waals surface area (Å²) in [7, 11) is 0. The quantitative estimate of drug-likeness (QED) is 0.647. The summed E-state index contributed by atoms with van der Waals surface area (Å²) < 4.78 is 0. The van der Waals surface area contributed by atoms with E-state index in [9.17, 15) is 4.79 Å². The molecule has 0 amide bonds. The van der Waals surface area contributed by atoms with Crippen LogP contribution in [0.2, 0.25) is 0 Å². The Morgan fingerprint density at radius 1 is 1.36 bits per heavy atom. The molecule has 56 valence electrons. The number of carboxylic acid groups (broad SMARTS) is 1. The summed E-state index contributed by atoms with van der Waals surface area (Å²) >= 11 is 0. The molecule has 0 aromatic heterocycles. The molecular weight excluding hydrogens is 142 g/mol. The Morgan fingerprint density at radius 2 is 2.00 bits per heavy atom. The topological polar surface area (TPSA) is 49.7 Å². The summed E-state index contributed by atoms with van der Waals surface area (Å²) in [6.07, 6.45) is 0.870. The smallest absolute Gasteiger partial charge is 0.346 e. The molecule has 0 radical (unpaired) electrons. The van der Waals surface area contributed by atoms with Gasteiger partial charge in [0.1, 0.15) is 6.21 Å². The minimum absolute atomic E-state index is 0.648. The van der Waals surface area contributed by atoms with Crippen molar-refractivity contribution in [1.82, 2.24) is 0 Å². The highest BCUT2D eigenvalue weighted by atomic mass is 16.4. The Morgan fingerprint density at radius 3 is 2.55 bits per heavy atom. The van der Waals surface area contributed by atoms with Crippen molar-refractivity contribution in [2.45, 2.75) is 0 Å². The van der Waals surface area contributed by atoms with Crippen LogP contribution in [0.5, 0.6) is 0 Å². The summed E-state index contributed by atoms with van der Waals surface area (Å²) in [4.78, 5) is 13.7. The van der Waals surface area contributed by atoms with Crippen LogP contribution in [0.4, 0.5) is 5.69 Å². The number of hydrogen-bond donors (Lipinski definition) is 1. The van der Waals surface area contributed by atoms with Crippen molar-refractivity contribution in [3.8, 4) is 0 Å². The Kier molecular flexibility index (Phi) is 2.38. The van der Waals surface area contributed by atoms with E-state index < -0.39 is 5.97 Å². The van der Waals surface area contributed by atoms with Gasteiger partial charge in [0.25, 0.3) is 0 Å². The summed E-state index contributed by atoms with van der Waals surface area (Å²) in [5.74, 6) is -1.03. The van der Waals surface area contributed by atoms with E-state index >= 15 is 0 Å². The van der Waals surface area contributed by atoms with E-state index in [1.807, 2.05) is 6.07 Å². The van der Waals surface area contributed by atoms with Gasteiger partial charge in [0.05, 0.1) is 5.69 Å². The molecule has 0 fully saturated rings. The average Bonchev–Trinajstić information content (AvgIpc) is 2.03. The molecule has 0 bridgehead atoms. The minimum atomic E-state index is -1.03. The van der Waals surface area contributed by atoms with Gasteiger partial charge in [-0.05, 0) is 12.1 Å². The predicted molar refractivity (Wildman–Crippen MR) is 42.2 cm³/mol. The first-order valence-corrected chi connectivity index (χ1v) is 3.11. The van der Waals surface area contributed by atoms with Crippen molar-refractivity contribution in [3.05, 3.63) is 30.3 Å². The standard InChI is InChI=1S/C8H7NO2/c10-8(11)6-9-7-4-2-1-3-5-7/h1-6H,(H,10,11)/b9-6+. The van der Waals surface area contributed by atoms with Crippen LogP contribution in [0.1, 0.15) is 0 Å². The second-order valence-electron chi connectivity index (χ2n) is 1.93. The number of aliphatic carboxylic acids is 1. The highest BCUT2D eigenvalue weighted by molar-refractivity contribution is 6.22. The Labute approximate surface area is 64.0 Å². The van der Waals surface area contributed by atoms with Crippen molar-refractivity contribution in [1.29, 1.82) is 0 Å². The highest BCUT2D eigenvalue weighted by Crippen LogP contribution is 2.07. The van der Waals surface area contributed by atoms with Crippen molar-refractivity contribution in [2.75, 3.05) is 0 Å². The lowest BCUT2D eigenvalue weighted by Gasteiger charge is -1.87. The van der Waals surface area contributed by atoms with E-state index in [1.54, 1.807) is 24.3 Å². The zero-order valence-corrected chi connectivity index (χ0v) is 5.77. The van der Waals surface area contributed by atoms with Crippen LogP contribution < -0.4 is 0 Å². The molecule has 0 saturated heterocycles. The molecule has 3 heteroatoms. The predicted octanol–water partition coefficient (Wildman–Crippen LogP) is 1.47. The van der Waals surface area contributed by atoms with E-state index in [2.05, 4.69) is 4.99 Å². The maximum atomic E-state index is 10.0. The first-order chi connectivity index (χ1) is 5.29. The van der Waals surface area contributed by atoms with Crippen molar-refractivity contribution in [2.24, 2.45) is 4.99 Å². The van der Waals surface area contributed by atoms with Gasteiger partial charge in [0.15, 0.2) is 0 Å². The molecule has 1 rings (SSSR count). The maximum Gasteiger partial charge on any atom is 0.346 e. The molecule has 0 aliphatic heterocycles. The first kappa shape index (κ1) is 7.47. The Balaban J connectivity index is 2.72. The number of hydrogen-bond acceptors (Lipinski definition) is 2. The Hall–Kier alpha value is -1.64. The molecule has 0 saturated carbocycles. The van der Waals surface area contributed by atoms with Gasteiger partial charge >= 0.3 is 5.97 Å². The van der Waals surface area contributed by atoms with E-state index in [-0.39, 0.29) is 0 Å². The van der Waals surface area contributed by atoms with Crippen LogP contribution in [-0.4, -0.2) is 17.3 Å². The van der Waals surface area contributed by atoms with Gasteiger partial charge in [-0.1, -0.05) is 18.2 Å². The second kappa shape index (κ2) is 3.51. The molecule has 3 nitrogen and oxygen atoms in total. The van der Waals surface area contributed by atoms with Crippen molar-refractivity contribution in [3.63, 3.8) is 0 Å². The lowest BCUT2D eigenvalue weighted by molar-refractivity contribution is -0.128. The van der Waals surface area contributed by atoms with Crippen LogP contribution in [0.3, 0.4) is 0 Å². The van der Waals surface area contributed by atoms with E-state index in [4.69, 9.17) is 5.11 Å². The zero-order chi connectivity index (χ0) is 8.10. The molecule has 0 spiro atoms. The monoisotopic (exact) mass is 149 g/mol. The number of benzene rings is 1. The van der Waals surface area contributed by atoms with E-state index in [1.165, 1.54) is 0 Å². The fraction of sp³-hybridized carbons (Fsp3) is 0. The van der Waals surface area contributed by atoms with Crippen LogP contribution in [0.25, 0.3) is 0 Å². The fourth-order valence-electron chi connectivity index (χ4n) is 0.644. The third kappa shape index (κ3) is 2.62. The summed E-state index contributed by atoms with van der Waals surface area (Å²) in [5.41, 5.74) is 0.648. The second-order valence-corrected chi connectivity index (χ2v) is 1.93. The molecular formula is C8H7NO2. The third-order valence-electron chi connectivity index (χ3n) is 1.08. The third-order valence-corrected chi connectivity index (χ3v) is 1.08. The molecule has 1 N–H and O–H groups in total. The highest BCUT2D eigenvalue weighted by Gasteiger charge is 1.87. The van der Waals surface area contributed by atoms with Gasteiger partial charge in [-0.3, -0.25) is 0 Å². The number of nitrogens with zero attached hydrogens (tertiary/aromatic N) is 1. The lowest BCUT2D eigenvalue weighted by Crippen LogP contribution is -1.93. The van der Waals surface area contributed by atoms with Gasteiger partial charge in [0, 0.05) is 0 Å². The molecule has 0 heterocycles. The van der Waals surface area contributed by atoms with Crippen molar-refractivity contribution < 1.29 is 9.90 Å².